The van der Waals surface area contributed by atoms with Gasteiger partial charge in [-0.25, -0.2) is 4.79 Å². The highest BCUT2D eigenvalue weighted by atomic mass is 16.5. The van der Waals surface area contributed by atoms with Crippen LogP contribution in [0.5, 0.6) is 0 Å². The number of hydrogen-bond donors (Lipinski definition) is 2. The molecule has 76 valence electrons. The maximum atomic E-state index is 10.7. The smallest absolute Gasteiger partial charge is 0.406 e. The first-order valence-electron chi connectivity index (χ1n) is 4.91. The molecule has 0 saturated carbocycles. The standard InChI is InChI=1S/C9H18N2O2/c1-10-9(12)13-7-5-8-4-2-3-6-11-8/h8,11H,2-7H2,1H3,(H,10,12). The Hall–Kier alpha value is -0.770. The first-order valence-corrected chi connectivity index (χ1v) is 4.91. The van der Waals surface area contributed by atoms with Gasteiger partial charge < -0.3 is 15.4 Å². The average molecular weight is 186 g/mol. The topological polar surface area (TPSA) is 50.4 Å². The SMILES string of the molecule is CNC(=O)OCCC1CCCCN1. The van der Waals surface area contributed by atoms with Crippen molar-refractivity contribution < 1.29 is 9.53 Å². The van der Waals surface area contributed by atoms with Crippen molar-refractivity contribution in [2.45, 2.75) is 31.7 Å². The van der Waals surface area contributed by atoms with Gasteiger partial charge in [0.2, 0.25) is 0 Å². The Kier molecular flexibility index (Phi) is 4.60. The van der Waals surface area contributed by atoms with Gasteiger partial charge in [0.1, 0.15) is 0 Å². The Morgan fingerprint density at radius 1 is 1.62 bits per heavy atom. The summed E-state index contributed by atoms with van der Waals surface area (Å²) in [4.78, 5) is 10.7. The zero-order chi connectivity index (χ0) is 9.52. The summed E-state index contributed by atoms with van der Waals surface area (Å²) in [6.45, 7) is 1.61. The van der Waals surface area contributed by atoms with Gasteiger partial charge >= 0.3 is 6.09 Å². The third kappa shape index (κ3) is 4.12. The van der Waals surface area contributed by atoms with E-state index in [1.807, 2.05) is 0 Å². The number of hydrogen-bond acceptors (Lipinski definition) is 3. The number of alkyl carbamates (subject to hydrolysis) is 1. The summed E-state index contributed by atoms with van der Waals surface area (Å²) >= 11 is 0. The molecule has 1 fully saturated rings. The van der Waals surface area contributed by atoms with Gasteiger partial charge in [0.15, 0.2) is 0 Å². The van der Waals surface area contributed by atoms with Crippen LogP contribution in [0.4, 0.5) is 4.79 Å². The molecule has 1 aliphatic rings. The number of carbonyl (C=O) groups is 1. The first kappa shape index (κ1) is 10.3. The number of piperidine rings is 1. The van der Waals surface area contributed by atoms with Crippen LogP contribution in [0.2, 0.25) is 0 Å². The number of nitrogens with one attached hydrogen (secondary N) is 2. The average Bonchev–Trinajstić information content (AvgIpc) is 2.19. The second-order valence-electron chi connectivity index (χ2n) is 3.32. The van der Waals surface area contributed by atoms with Gasteiger partial charge in [0.25, 0.3) is 0 Å². The van der Waals surface area contributed by atoms with E-state index in [0.717, 1.165) is 13.0 Å². The molecule has 13 heavy (non-hydrogen) atoms. The van der Waals surface area contributed by atoms with E-state index in [9.17, 15) is 4.79 Å². The van der Waals surface area contributed by atoms with Crippen LogP contribution in [0, 0.1) is 0 Å². The quantitative estimate of drug-likeness (QED) is 0.687. The fourth-order valence-corrected chi connectivity index (χ4v) is 1.54. The van der Waals surface area contributed by atoms with Crippen LogP contribution in [0.15, 0.2) is 0 Å². The fourth-order valence-electron chi connectivity index (χ4n) is 1.54. The van der Waals surface area contributed by atoms with Crippen molar-refractivity contribution in [2.24, 2.45) is 0 Å². The van der Waals surface area contributed by atoms with Gasteiger partial charge in [-0.05, 0) is 25.8 Å². The van der Waals surface area contributed by atoms with Crippen LogP contribution >= 0.6 is 0 Å². The Morgan fingerprint density at radius 2 is 2.46 bits per heavy atom. The molecule has 1 unspecified atom stereocenters. The van der Waals surface area contributed by atoms with Crippen LogP contribution in [0.25, 0.3) is 0 Å². The zero-order valence-corrected chi connectivity index (χ0v) is 8.14. The summed E-state index contributed by atoms with van der Waals surface area (Å²) in [6.07, 6.45) is 4.35. The number of ether oxygens (including phenoxy) is 1. The summed E-state index contributed by atoms with van der Waals surface area (Å²) in [5.41, 5.74) is 0. The van der Waals surface area contributed by atoms with E-state index in [1.54, 1.807) is 7.05 Å². The second kappa shape index (κ2) is 5.80. The molecule has 0 radical (unpaired) electrons. The molecule has 1 atom stereocenters. The zero-order valence-electron chi connectivity index (χ0n) is 8.14. The lowest BCUT2D eigenvalue weighted by Gasteiger charge is -2.22. The van der Waals surface area contributed by atoms with E-state index in [0.29, 0.717) is 12.6 Å². The molecular formula is C9H18N2O2. The van der Waals surface area contributed by atoms with Gasteiger partial charge in [-0.15, -0.1) is 0 Å². The molecule has 1 rings (SSSR count). The molecule has 1 amide bonds. The summed E-state index contributed by atoms with van der Waals surface area (Å²) in [5, 5.41) is 5.82. The molecule has 0 aromatic rings. The Morgan fingerprint density at radius 3 is 3.08 bits per heavy atom. The lowest BCUT2D eigenvalue weighted by molar-refractivity contribution is 0.141. The maximum absolute atomic E-state index is 10.7. The Bertz CT molecular complexity index is 156. The fraction of sp³-hybridized carbons (Fsp3) is 0.889. The van der Waals surface area contributed by atoms with Crippen molar-refractivity contribution in [1.82, 2.24) is 10.6 Å². The van der Waals surface area contributed by atoms with Gasteiger partial charge in [0, 0.05) is 13.1 Å². The molecule has 4 heteroatoms. The van der Waals surface area contributed by atoms with E-state index in [4.69, 9.17) is 4.74 Å². The molecule has 1 saturated heterocycles. The number of carbonyl (C=O) groups excluding carboxylic acids is 1. The molecule has 1 heterocycles. The van der Waals surface area contributed by atoms with Crippen molar-refractivity contribution in [3.05, 3.63) is 0 Å². The Balaban J connectivity index is 2.01. The van der Waals surface area contributed by atoms with Crippen LogP contribution < -0.4 is 10.6 Å². The van der Waals surface area contributed by atoms with Crippen molar-refractivity contribution in [1.29, 1.82) is 0 Å². The highest BCUT2D eigenvalue weighted by molar-refractivity contribution is 5.66. The Labute approximate surface area is 79.0 Å². The van der Waals surface area contributed by atoms with E-state index < -0.39 is 0 Å². The minimum Gasteiger partial charge on any atom is -0.450 e. The molecule has 4 nitrogen and oxygen atoms in total. The van der Waals surface area contributed by atoms with E-state index >= 15 is 0 Å². The third-order valence-corrected chi connectivity index (χ3v) is 2.32. The molecule has 1 aliphatic heterocycles. The molecule has 0 bridgehead atoms. The van der Waals surface area contributed by atoms with Gasteiger partial charge in [-0.3, -0.25) is 0 Å². The summed E-state index contributed by atoms with van der Waals surface area (Å²) in [6, 6.07) is 0.540. The molecule has 2 N–H and O–H groups in total. The normalized spacial score (nSPS) is 22.4. The third-order valence-electron chi connectivity index (χ3n) is 2.32. The molecule has 0 aromatic carbocycles. The highest BCUT2D eigenvalue weighted by Crippen LogP contribution is 2.09. The predicted octanol–water partition coefficient (Wildman–Crippen LogP) is 0.875. The first-order chi connectivity index (χ1) is 6.33. The predicted molar refractivity (Wildman–Crippen MR) is 50.7 cm³/mol. The second-order valence-corrected chi connectivity index (χ2v) is 3.32. The van der Waals surface area contributed by atoms with Crippen LogP contribution in [0.3, 0.4) is 0 Å². The van der Waals surface area contributed by atoms with Crippen LogP contribution in [0.1, 0.15) is 25.7 Å². The summed E-state index contributed by atoms with van der Waals surface area (Å²) < 4.78 is 4.90. The molecular weight excluding hydrogens is 168 g/mol. The van der Waals surface area contributed by atoms with Gasteiger partial charge in [-0.1, -0.05) is 6.42 Å². The lowest BCUT2D eigenvalue weighted by Crippen LogP contribution is -2.35. The van der Waals surface area contributed by atoms with Gasteiger partial charge in [0.05, 0.1) is 6.61 Å². The van der Waals surface area contributed by atoms with Crippen LogP contribution in [-0.4, -0.2) is 32.3 Å². The lowest BCUT2D eigenvalue weighted by atomic mass is 10.0. The minimum absolute atomic E-state index is 0.337. The molecule has 0 aliphatic carbocycles. The van der Waals surface area contributed by atoms with Crippen molar-refractivity contribution in [2.75, 3.05) is 20.2 Å². The van der Waals surface area contributed by atoms with E-state index in [-0.39, 0.29) is 6.09 Å². The minimum atomic E-state index is -0.337. The van der Waals surface area contributed by atoms with Crippen LogP contribution in [-0.2, 0) is 4.74 Å². The monoisotopic (exact) mass is 186 g/mol. The van der Waals surface area contributed by atoms with E-state index in [1.165, 1.54) is 19.3 Å². The van der Waals surface area contributed by atoms with E-state index in [2.05, 4.69) is 10.6 Å². The molecule has 0 aromatic heterocycles. The summed E-state index contributed by atoms with van der Waals surface area (Å²) in [5.74, 6) is 0. The largest absolute Gasteiger partial charge is 0.450 e. The maximum Gasteiger partial charge on any atom is 0.406 e. The number of amides is 1. The van der Waals surface area contributed by atoms with Crippen molar-refractivity contribution in [3.8, 4) is 0 Å². The molecule has 0 spiro atoms. The van der Waals surface area contributed by atoms with Gasteiger partial charge in [-0.2, -0.15) is 0 Å². The summed E-state index contributed by atoms with van der Waals surface area (Å²) in [7, 11) is 1.57. The number of rotatable bonds is 3. The van der Waals surface area contributed by atoms with Crippen molar-refractivity contribution in [3.63, 3.8) is 0 Å². The van der Waals surface area contributed by atoms with Crippen molar-refractivity contribution >= 4 is 6.09 Å². The highest BCUT2D eigenvalue weighted by Gasteiger charge is 2.12.